The standard InChI is InChI=1S/C14H12ClN3O/c1-16-13-9-10-11(15)3-2-4-12(10)17-14(13)18-5-7-19-8-6-18/h2-4,9H,5-8H2. The summed E-state index contributed by atoms with van der Waals surface area (Å²) >= 11 is 6.15. The van der Waals surface area contributed by atoms with E-state index in [0.29, 0.717) is 23.9 Å². The molecule has 1 aromatic carbocycles. The third-order valence-electron chi connectivity index (χ3n) is 3.20. The van der Waals surface area contributed by atoms with Crippen LogP contribution < -0.4 is 4.90 Å². The molecule has 96 valence electrons. The normalized spacial score (nSPS) is 15.5. The molecule has 0 bridgehead atoms. The molecule has 0 atom stereocenters. The highest BCUT2D eigenvalue weighted by molar-refractivity contribution is 6.35. The van der Waals surface area contributed by atoms with E-state index in [1.54, 1.807) is 0 Å². The quantitative estimate of drug-likeness (QED) is 0.747. The first kappa shape index (κ1) is 12.2. The lowest BCUT2D eigenvalue weighted by atomic mass is 10.2. The molecule has 2 aromatic rings. The van der Waals surface area contributed by atoms with Crippen LogP contribution in [0.3, 0.4) is 0 Å². The summed E-state index contributed by atoms with van der Waals surface area (Å²) in [5.74, 6) is 0.730. The van der Waals surface area contributed by atoms with Gasteiger partial charge in [0.15, 0.2) is 0 Å². The number of fused-ring (bicyclic) bond motifs is 1. The minimum Gasteiger partial charge on any atom is -0.378 e. The van der Waals surface area contributed by atoms with Gasteiger partial charge in [0.2, 0.25) is 5.69 Å². The van der Waals surface area contributed by atoms with Gasteiger partial charge in [-0.1, -0.05) is 17.7 Å². The SMILES string of the molecule is [C-]#[N+]c1cc2c(Cl)cccc2nc1N1CCOCC1. The van der Waals surface area contributed by atoms with Crippen molar-refractivity contribution < 1.29 is 4.74 Å². The minimum atomic E-state index is 0.544. The molecule has 1 fully saturated rings. The molecule has 3 rings (SSSR count). The maximum absolute atomic E-state index is 7.33. The fourth-order valence-electron chi connectivity index (χ4n) is 2.23. The monoisotopic (exact) mass is 273 g/mol. The molecule has 0 aliphatic carbocycles. The minimum absolute atomic E-state index is 0.544. The topological polar surface area (TPSA) is 29.7 Å². The molecule has 0 spiro atoms. The van der Waals surface area contributed by atoms with Crippen LogP contribution in [-0.4, -0.2) is 31.3 Å². The van der Waals surface area contributed by atoms with E-state index < -0.39 is 0 Å². The number of ether oxygens (including phenoxy) is 1. The van der Waals surface area contributed by atoms with E-state index >= 15 is 0 Å². The van der Waals surface area contributed by atoms with Crippen molar-refractivity contribution in [1.82, 2.24) is 4.98 Å². The van der Waals surface area contributed by atoms with Gasteiger partial charge in [-0.05, 0) is 18.2 Å². The predicted molar refractivity (Wildman–Crippen MR) is 76.0 cm³/mol. The molecule has 1 saturated heterocycles. The number of hydrogen-bond donors (Lipinski definition) is 0. The maximum atomic E-state index is 7.33. The second-order valence-corrected chi connectivity index (χ2v) is 4.76. The smallest absolute Gasteiger partial charge is 0.229 e. The van der Waals surface area contributed by atoms with Crippen LogP contribution in [0.1, 0.15) is 0 Å². The number of halogens is 1. The summed E-state index contributed by atoms with van der Waals surface area (Å²) in [5, 5.41) is 1.45. The Morgan fingerprint density at radius 1 is 1.32 bits per heavy atom. The molecule has 0 amide bonds. The first-order valence-electron chi connectivity index (χ1n) is 6.09. The third kappa shape index (κ3) is 2.23. The Balaban J connectivity index is 2.15. The highest BCUT2D eigenvalue weighted by Crippen LogP contribution is 2.33. The van der Waals surface area contributed by atoms with Crippen molar-refractivity contribution in [3.8, 4) is 0 Å². The van der Waals surface area contributed by atoms with Crippen LogP contribution in [0.15, 0.2) is 24.3 Å². The van der Waals surface area contributed by atoms with E-state index in [1.165, 1.54) is 0 Å². The van der Waals surface area contributed by atoms with Crippen LogP contribution in [0, 0.1) is 6.57 Å². The number of aromatic nitrogens is 1. The van der Waals surface area contributed by atoms with E-state index in [9.17, 15) is 0 Å². The summed E-state index contributed by atoms with van der Waals surface area (Å²) in [5.41, 5.74) is 1.36. The summed E-state index contributed by atoms with van der Waals surface area (Å²) in [6.07, 6.45) is 0. The number of nitrogens with zero attached hydrogens (tertiary/aromatic N) is 3. The van der Waals surface area contributed by atoms with Crippen molar-refractivity contribution in [1.29, 1.82) is 0 Å². The van der Waals surface area contributed by atoms with Crippen molar-refractivity contribution >= 4 is 34.0 Å². The van der Waals surface area contributed by atoms with Crippen molar-refractivity contribution in [2.45, 2.75) is 0 Å². The van der Waals surface area contributed by atoms with Crippen LogP contribution in [0.5, 0.6) is 0 Å². The van der Waals surface area contributed by atoms with Crippen molar-refractivity contribution in [3.63, 3.8) is 0 Å². The van der Waals surface area contributed by atoms with Gasteiger partial charge in [-0.25, -0.2) is 9.83 Å². The van der Waals surface area contributed by atoms with Crippen molar-refractivity contribution in [2.24, 2.45) is 0 Å². The van der Waals surface area contributed by atoms with Crippen molar-refractivity contribution in [3.05, 3.63) is 40.7 Å². The fourth-order valence-corrected chi connectivity index (χ4v) is 2.45. The number of hydrogen-bond acceptors (Lipinski definition) is 3. The fraction of sp³-hybridized carbons (Fsp3) is 0.286. The molecule has 1 aliphatic heterocycles. The number of rotatable bonds is 1. The van der Waals surface area contributed by atoms with Gasteiger partial charge in [-0.2, -0.15) is 0 Å². The van der Waals surface area contributed by atoms with Gasteiger partial charge in [0.05, 0.1) is 25.3 Å². The van der Waals surface area contributed by atoms with E-state index in [1.807, 2.05) is 24.3 Å². The van der Waals surface area contributed by atoms with Gasteiger partial charge >= 0.3 is 0 Å². The zero-order valence-corrected chi connectivity index (χ0v) is 11.0. The first-order valence-corrected chi connectivity index (χ1v) is 6.47. The average molecular weight is 274 g/mol. The lowest BCUT2D eigenvalue weighted by Crippen LogP contribution is -2.36. The van der Waals surface area contributed by atoms with Gasteiger partial charge in [-0.3, -0.25) is 0 Å². The van der Waals surface area contributed by atoms with Crippen LogP contribution in [0.4, 0.5) is 11.5 Å². The van der Waals surface area contributed by atoms with E-state index in [2.05, 4.69) is 14.7 Å². The number of pyridine rings is 1. The van der Waals surface area contributed by atoms with Gasteiger partial charge in [0.1, 0.15) is 5.82 Å². The summed E-state index contributed by atoms with van der Waals surface area (Å²) in [7, 11) is 0. The third-order valence-corrected chi connectivity index (χ3v) is 3.53. The summed E-state index contributed by atoms with van der Waals surface area (Å²) in [6.45, 7) is 10.2. The first-order chi connectivity index (χ1) is 9.29. The Bertz CT molecular complexity index is 660. The predicted octanol–water partition coefficient (Wildman–Crippen LogP) is 3.28. The molecular weight excluding hydrogens is 262 g/mol. The van der Waals surface area contributed by atoms with Gasteiger partial charge in [0, 0.05) is 23.5 Å². The summed E-state index contributed by atoms with van der Waals surface area (Å²) < 4.78 is 5.33. The molecule has 19 heavy (non-hydrogen) atoms. The van der Waals surface area contributed by atoms with E-state index in [0.717, 1.165) is 29.8 Å². The zero-order valence-electron chi connectivity index (χ0n) is 10.3. The van der Waals surface area contributed by atoms with Gasteiger partial charge in [-0.15, -0.1) is 0 Å². The van der Waals surface area contributed by atoms with Crippen LogP contribution in [0.25, 0.3) is 15.7 Å². The Hall–Kier alpha value is -1.83. The second-order valence-electron chi connectivity index (χ2n) is 4.35. The largest absolute Gasteiger partial charge is 0.378 e. The van der Waals surface area contributed by atoms with Crippen LogP contribution >= 0.6 is 11.6 Å². The summed E-state index contributed by atoms with van der Waals surface area (Å²) in [4.78, 5) is 10.3. The van der Waals surface area contributed by atoms with Crippen LogP contribution in [0.2, 0.25) is 5.02 Å². The van der Waals surface area contributed by atoms with Crippen molar-refractivity contribution in [2.75, 3.05) is 31.2 Å². The Labute approximate surface area is 116 Å². The summed E-state index contributed by atoms with van der Waals surface area (Å²) in [6, 6.07) is 7.42. The molecule has 0 saturated carbocycles. The highest BCUT2D eigenvalue weighted by Gasteiger charge is 2.17. The molecule has 0 N–H and O–H groups in total. The number of morpholine rings is 1. The van der Waals surface area contributed by atoms with Gasteiger partial charge in [0.25, 0.3) is 0 Å². The van der Waals surface area contributed by atoms with Crippen LogP contribution in [-0.2, 0) is 4.74 Å². The lowest BCUT2D eigenvalue weighted by molar-refractivity contribution is 0.122. The Morgan fingerprint density at radius 3 is 2.84 bits per heavy atom. The molecule has 5 heteroatoms. The van der Waals surface area contributed by atoms with E-state index in [-0.39, 0.29) is 0 Å². The molecule has 0 radical (unpaired) electrons. The molecule has 1 aromatic heterocycles. The molecular formula is C14H12ClN3O. The molecule has 4 nitrogen and oxygen atoms in total. The maximum Gasteiger partial charge on any atom is 0.229 e. The Kier molecular flexibility index (Phi) is 3.24. The highest BCUT2D eigenvalue weighted by atomic mass is 35.5. The lowest BCUT2D eigenvalue weighted by Gasteiger charge is -2.29. The molecule has 2 heterocycles. The number of anilines is 1. The second kappa shape index (κ2) is 5.04. The zero-order chi connectivity index (χ0) is 13.2. The molecule has 1 aliphatic rings. The Morgan fingerprint density at radius 2 is 2.11 bits per heavy atom. The van der Waals surface area contributed by atoms with Gasteiger partial charge < -0.3 is 9.64 Å². The number of benzene rings is 1. The average Bonchev–Trinajstić information content (AvgIpc) is 2.47. The molecule has 0 unspecified atom stereocenters. The van der Waals surface area contributed by atoms with E-state index in [4.69, 9.17) is 22.9 Å².